The number of amides is 1. The van der Waals surface area contributed by atoms with Crippen molar-refractivity contribution in [3.63, 3.8) is 0 Å². The van der Waals surface area contributed by atoms with E-state index in [1.807, 2.05) is 49.4 Å². The van der Waals surface area contributed by atoms with Crippen molar-refractivity contribution in [2.24, 2.45) is 5.10 Å². The molecule has 41 heavy (non-hydrogen) atoms. The standard InChI is InChI=1S/C30H31BrN4O4S2/c1-3-39-25-14-9-21(10-15-25)20-32-35(30-33-27-18-13-23(31)19-28(27)40-30)29(36)22-11-16-26(17-12-22)41(37,38)34(2)24-7-5-4-6-8-24/h9-20,24H,3-8H2,1-2H3/b32-20+. The maximum atomic E-state index is 13.8. The molecule has 1 heterocycles. The second-order valence-electron chi connectivity index (χ2n) is 9.81. The molecule has 4 aromatic rings. The lowest BCUT2D eigenvalue weighted by molar-refractivity contribution is 0.0987. The molecule has 8 nitrogen and oxygen atoms in total. The molecule has 0 N–H and O–H groups in total. The van der Waals surface area contributed by atoms with Gasteiger partial charge in [-0.15, -0.1) is 0 Å². The summed E-state index contributed by atoms with van der Waals surface area (Å²) in [4.78, 5) is 18.6. The molecule has 1 amide bonds. The van der Waals surface area contributed by atoms with Gasteiger partial charge in [0.15, 0.2) is 0 Å². The smallest absolute Gasteiger partial charge is 0.280 e. The highest BCUT2D eigenvalue weighted by Gasteiger charge is 2.29. The van der Waals surface area contributed by atoms with Gasteiger partial charge in [0, 0.05) is 23.1 Å². The molecule has 3 aromatic carbocycles. The summed E-state index contributed by atoms with van der Waals surface area (Å²) in [6.07, 6.45) is 6.54. The van der Waals surface area contributed by atoms with Crippen molar-refractivity contribution in [3.8, 4) is 5.75 Å². The molecule has 1 fully saturated rings. The Balaban J connectivity index is 1.44. The number of fused-ring (bicyclic) bond motifs is 1. The van der Waals surface area contributed by atoms with Crippen molar-refractivity contribution in [1.29, 1.82) is 0 Å². The molecule has 0 atom stereocenters. The zero-order valence-electron chi connectivity index (χ0n) is 22.9. The molecule has 214 valence electrons. The number of sulfonamides is 1. The van der Waals surface area contributed by atoms with Crippen LogP contribution in [0.15, 0.2) is 81.2 Å². The fourth-order valence-electron chi connectivity index (χ4n) is 4.81. The highest BCUT2D eigenvalue weighted by atomic mass is 79.9. The summed E-state index contributed by atoms with van der Waals surface area (Å²) in [5, 5.41) is 6.18. The van der Waals surface area contributed by atoms with E-state index in [9.17, 15) is 13.2 Å². The monoisotopic (exact) mass is 654 g/mol. The van der Waals surface area contributed by atoms with Crippen LogP contribution in [0.1, 0.15) is 54.9 Å². The lowest BCUT2D eigenvalue weighted by atomic mass is 9.96. The highest BCUT2D eigenvalue weighted by Crippen LogP contribution is 2.32. The summed E-state index contributed by atoms with van der Waals surface area (Å²) in [7, 11) is -2.03. The number of hydrazone groups is 1. The number of benzene rings is 3. The van der Waals surface area contributed by atoms with Gasteiger partial charge in [-0.1, -0.05) is 46.5 Å². The minimum Gasteiger partial charge on any atom is -0.494 e. The van der Waals surface area contributed by atoms with Gasteiger partial charge in [0.1, 0.15) is 5.75 Å². The first-order chi connectivity index (χ1) is 19.8. The molecule has 1 aliphatic rings. The van der Waals surface area contributed by atoms with Crippen molar-refractivity contribution in [2.45, 2.75) is 50.0 Å². The summed E-state index contributed by atoms with van der Waals surface area (Å²) in [5.74, 6) is 0.327. The second kappa shape index (κ2) is 12.8. The number of nitrogens with zero attached hydrogens (tertiary/aromatic N) is 4. The van der Waals surface area contributed by atoms with E-state index in [1.54, 1.807) is 13.3 Å². The van der Waals surface area contributed by atoms with E-state index in [-0.39, 0.29) is 10.9 Å². The third-order valence-electron chi connectivity index (χ3n) is 7.09. The van der Waals surface area contributed by atoms with Gasteiger partial charge < -0.3 is 4.74 Å². The maximum absolute atomic E-state index is 13.8. The quantitative estimate of drug-likeness (QED) is 0.142. The Morgan fingerprint density at radius 1 is 1.07 bits per heavy atom. The van der Waals surface area contributed by atoms with Crippen LogP contribution in [0.2, 0.25) is 0 Å². The second-order valence-corrected chi connectivity index (χ2v) is 13.7. The summed E-state index contributed by atoms with van der Waals surface area (Å²) in [6, 6.07) is 19.2. The number of thiazole rings is 1. The van der Waals surface area contributed by atoms with Crippen molar-refractivity contribution in [3.05, 3.63) is 82.3 Å². The fraction of sp³-hybridized carbons (Fsp3) is 0.300. The molecule has 5 rings (SSSR count). The van der Waals surface area contributed by atoms with Crippen LogP contribution in [0.3, 0.4) is 0 Å². The summed E-state index contributed by atoms with van der Waals surface area (Å²) >= 11 is 4.83. The lowest BCUT2D eigenvalue weighted by Crippen LogP contribution is -2.38. The topological polar surface area (TPSA) is 92.2 Å². The van der Waals surface area contributed by atoms with E-state index >= 15 is 0 Å². The Kier molecular flexibility index (Phi) is 9.18. The van der Waals surface area contributed by atoms with Gasteiger partial charge in [0.2, 0.25) is 15.2 Å². The number of halogens is 1. The SMILES string of the molecule is CCOc1ccc(/C=N/N(C(=O)c2ccc(S(=O)(=O)N(C)C3CCCCC3)cc2)c2nc3ccc(Br)cc3s2)cc1. The lowest BCUT2D eigenvalue weighted by Gasteiger charge is -2.30. The summed E-state index contributed by atoms with van der Waals surface area (Å²) in [6.45, 7) is 2.49. The first-order valence-corrected chi connectivity index (χ1v) is 16.6. The molecule has 0 bridgehead atoms. The molecule has 0 spiro atoms. The first-order valence-electron chi connectivity index (χ1n) is 13.5. The van der Waals surface area contributed by atoms with Crippen molar-refractivity contribution < 1.29 is 17.9 Å². The third-order valence-corrected chi connectivity index (χ3v) is 10.5. The molecule has 0 radical (unpaired) electrons. The molecule has 1 saturated carbocycles. The third kappa shape index (κ3) is 6.69. The van der Waals surface area contributed by atoms with E-state index in [1.165, 1.54) is 44.9 Å². The molecule has 1 aromatic heterocycles. The summed E-state index contributed by atoms with van der Waals surface area (Å²) < 4.78 is 35.4. The van der Waals surface area contributed by atoms with E-state index in [4.69, 9.17) is 4.74 Å². The van der Waals surface area contributed by atoms with Gasteiger partial charge in [-0.3, -0.25) is 4.79 Å². The molecule has 0 saturated heterocycles. The number of carbonyl (C=O) groups is 1. The van der Waals surface area contributed by atoms with E-state index in [0.717, 1.165) is 58.1 Å². The minimum absolute atomic E-state index is 0.00144. The zero-order valence-corrected chi connectivity index (χ0v) is 26.1. The van der Waals surface area contributed by atoms with Crippen LogP contribution in [0.25, 0.3) is 10.2 Å². The van der Waals surface area contributed by atoms with Crippen molar-refractivity contribution in [2.75, 3.05) is 18.7 Å². The normalized spacial score (nSPS) is 14.6. The van der Waals surface area contributed by atoms with Crippen LogP contribution in [0.5, 0.6) is 5.75 Å². The molecule has 0 aliphatic heterocycles. The van der Waals surface area contributed by atoms with Crippen molar-refractivity contribution in [1.82, 2.24) is 9.29 Å². The van der Waals surface area contributed by atoms with Crippen LogP contribution in [0.4, 0.5) is 5.13 Å². The molecular formula is C30H31BrN4O4S2. The minimum atomic E-state index is -3.68. The van der Waals surface area contributed by atoms with Crippen LogP contribution in [-0.4, -0.2) is 49.5 Å². The largest absolute Gasteiger partial charge is 0.494 e. The molecule has 11 heteroatoms. The van der Waals surface area contributed by atoms with E-state index in [0.29, 0.717) is 17.3 Å². The zero-order chi connectivity index (χ0) is 29.0. The Morgan fingerprint density at radius 3 is 2.46 bits per heavy atom. The molecule has 1 aliphatic carbocycles. The highest BCUT2D eigenvalue weighted by molar-refractivity contribution is 9.10. The van der Waals surface area contributed by atoms with Gasteiger partial charge in [0.25, 0.3) is 5.91 Å². The Labute approximate surface area is 252 Å². The van der Waals surface area contributed by atoms with Crippen LogP contribution in [0, 0.1) is 0 Å². The predicted octanol–water partition coefficient (Wildman–Crippen LogP) is 7.09. The van der Waals surface area contributed by atoms with Gasteiger partial charge >= 0.3 is 0 Å². The molecule has 0 unspecified atom stereocenters. The average Bonchev–Trinajstić information content (AvgIpc) is 3.41. The van der Waals surface area contributed by atoms with Crippen molar-refractivity contribution >= 4 is 64.8 Å². The number of aromatic nitrogens is 1. The van der Waals surface area contributed by atoms with Crippen LogP contribution < -0.4 is 9.75 Å². The van der Waals surface area contributed by atoms with Gasteiger partial charge in [-0.25, -0.2) is 13.4 Å². The Morgan fingerprint density at radius 2 is 1.78 bits per heavy atom. The van der Waals surface area contributed by atoms with E-state index in [2.05, 4.69) is 26.0 Å². The number of carbonyl (C=O) groups excluding carboxylic acids is 1. The van der Waals surface area contributed by atoms with Gasteiger partial charge in [0.05, 0.1) is 27.9 Å². The first kappa shape index (κ1) is 29.4. The number of hydrogen-bond donors (Lipinski definition) is 0. The summed E-state index contributed by atoms with van der Waals surface area (Å²) in [5.41, 5.74) is 1.82. The van der Waals surface area contributed by atoms with Gasteiger partial charge in [-0.05, 0) is 92.1 Å². The van der Waals surface area contributed by atoms with E-state index < -0.39 is 15.9 Å². The molecular weight excluding hydrogens is 624 g/mol. The number of ether oxygens (including phenoxy) is 1. The predicted molar refractivity (Wildman–Crippen MR) is 168 cm³/mol. The number of hydrogen-bond acceptors (Lipinski definition) is 7. The fourth-order valence-corrected chi connectivity index (χ4v) is 7.70. The Hall–Kier alpha value is -3.12. The number of anilines is 1. The Bertz CT molecular complexity index is 1650. The van der Waals surface area contributed by atoms with Gasteiger partial charge in [-0.2, -0.15) is 14.4 Å². The van der Waals surface area contributed by atoms with Crippen LogP contribution in [-0.2, 0) is 10.0 Å². The number of rotatable bonds is 9. The average molecular weight is 656 g/mol. The maximum Gasteiger partial charge on any atom is 0.280 e. The van der Waals surface area contributed by atoms with Crippen LogP contribution >= 0.6 is 27.3 Å².